The van der Waals surface area contributed by atoms with Gasteiger partial charge in [0.25, 0.3) is 0 Å². The summed E-state index contributed by atoms with van der Waals surface area (Å²) in [7, 11) is -3.36. The first-order valence-corrected chi connectivity index (χ1v) is 9.28. The average Bonchev–Trinajstić information content (AvgIpc) is 2.70. The van der Waals surface area contributed by atoms with E-state index in [4.69, 9.17) is 11.6 Å². The van der Waals surface area contributed by atoms with E-state index in [-0.39, 0.29) is 11.6 Å². The van der Waals surface area contributed by atoms with E-state index in [1.54, 1.807) is 35.2 Å². The zero-order chi connectivity index (χ0) is 13.2. The van der Waals surface area contributed by atoms with Gasteiger partial charge in [-0.15, -0.1) is 22.9 Å². The van der Waals surface area contributed by atoms with Gasteiger partial charge in [-0.25, -0.2) is 13.4 Å². The maximum absolute atomic E-state index is 11.6. The Kier molecular flexibility index (Phi) is 4.37. The predicted octanol–water partition coefficient (Wildman–Crippen LogP) is 3.00. The standard InChI is InChI=1S/C10H11ClN2O2S3/c1-16-10-12-8-3-2-7(6-9(8)17-10)13-18(14,15)5-4-11/h2-3,6,13H,4-5H2,1H3. The number of aromatic nitrogens is 1. The lowest BCUT2D eigenvalue weighted by atomic mass is 10.3. The number of fused-ring (bicyclic) bond motifs is 1. The predicted molar refractivity (Wildman–Crippen MR) is 79.5 cm³/mol. The van der Waals surface area contributed by atoms with Gasteiger partial charge in [0.2, 0.25) is 10.0 Å². The molecule has 0 fully saturated rings. The molecular formula is C10H11ClN2O2S3. The topological polar surface area (TPSA) is 59.1 Å². The molecule has 0 radical (unpaired) electrons. The van der Waals surface area contributed by atoms with E-state index >= 15 is 0 Å². The molecule has 0 amide bonds. The zero-order valence-electron chi connectivity index (χ0n) is 9.51. The quantitative estimate of drug-likeness (QED) is 0.679. The highest BCUT2D eigenvalue weighted by Gasteiger charge is 2.10. The number of benzene rings is 1. The molecule has 4 nitrogen and oxygen atoms in total. The molecule has 1 aromatic carbocycles. The molecule has 1 heterocycles. The lowest BCUT2D eigenvalue weighted by Crippen LogP contribution is -2.17. The molecule has 0 bridgehead atoms. The Morgan fingerprint density at radius 1 is 1.50 bits per heavy atom. The number of hydrogen-bond acceptors (Lipinski definition) is 5. The van der Waals surface area contributed by atoms with Crippen LogP contribution in [0.2, 0.25) is 0 Å². The Labute approximate surface area is 119 Å². The van der Waals surface area contributed by atoms with Crippen molar-refractivity contribution in [2.45, 2.75) is 4.34 Å². The summed E-state index contributed by atoms with van der Waals surface area (Å²) in [5.41, 5.74) is 1.42. The van der Waals surface area contributed by atoms with Crippen molar-refractivity contribution in [2.24, 2.45) is 0 Å². The zero-order valence-corrected chi connectivity index (χ0v) is 12.7. The fourth-order valence-electron chi connectivity index (χ4n) is 1.39. The van der Waals surface area contributed by atoms with Crippen LogP contribution in [0.3, 0.4) is 0 Å². The average molecular weight is 323 g/mol. The molecule has 0 aliphatic heterocycles. The van der Waals surface area contributed by atoms with Gasteiger partial charge in [0.15, 0.2) is 4.34 Å². The van der Waals surface area contributed by atoms with Crippen molar-refractivity contribution >= 4 is 60.6 Å². The molecule has 98 valence electrons. The molecule has 0 aliphatic carbocycles. The van der Waals surface area contributed by atoms with Crippen LogP contribution in [0.5, 0.6) is 0 Å². The number of anilines is 1. The Bertz CT molecular complexity index is 654. The number of hydrogen-bond donors (Lipinski definition) is 1. The summed E-state index contributed by atoms with van der Waals surface area (Å²) in [5.74, 6) is -0.0138. The highest BCUT2D eigenvalue weighted by Crippen LogP contribution is 2.30. The monoisotopic (exact) mass is 322 g/mol. The Morgan fingerprint density at radius 2 is 2.28 bits per heavy atom. The lowest BCUT2D eigenvalue weighted by molar-refractivity contribution is 0.602. The van der Waals surface area contributed by atoms with Gasteiger partial charge in [-0.1, -0.05) is 11.8 Å². The van der Waals surface area contributed by atoms with E-state index in [2.05, 4.69) is 9.71 Å². The second-order valence-corrected chi connectivity index (χ2v) is 7.78. The number of halogens is 1. The number of nitrogens with one attached hydrogen (secondary N) is 1. The first-order valence-electron chi connectivity index (χ1n) is 5.05. The summed E-state index contributed by atoms with van der Waals surface area (Å²) >= 11 is 8.55. The van der Waals surface area contributed by atoms with Gasteiger partial charge in [-0.2, -0.15) is 0 Å². The van der Waals surface area contributed by atoms with Gasteiger partial charge in [-0.05, 0) is 24.5 Å². The van der Waals surface area contributed by atoms with E-state index in [0.717, 1.165) is 14.6 Å². The van der Waals surface area contributed by atoms with E-state index < -0.39 is 10.0 Å². The minimum absolute atomic E-state index is 0.0781. The molecule has 0 aliphatic rings. The van der Waals surface area contributed by atoms with Crippen LogP contribution in [0.4, 0.5) is 5.69 Å². The first-order chi connectivity index (χ1) is 8.54. The van der Waals surface area contributed by atoms with Crippen LogP contribution in [0.25, 0.3) is 10.2 Å². The highest BCUT2D eigenvalue weighted by atomic mass is 35.5. The molecule has 1 N–H and O–H groups in total. The van der Waals surface area contributed by atoms with Crippen molar-refractivity contribution in [3.05, 3.63) is 18.2 Å². The van der Waals surface area contributed by atoms with Gasteiger partial charge < -0.3 is 0 Å². The first kappa shape index (κ1) is 13.9. The molecule has 18 heavy (non-hydrogen) atoms. The van der Waals surface area contributed by atoms with Crippen LogP contribution < -0.4 is 4.72 Å². The van der Waals surface area contributed by atoms with Crippen molar-refractivity contribution in [1.82, 2.24) is 4.98 Å². The van der Waals surface area contributed by atoms with Gasteiger partial charge in [0.05, 0.1) is 21.7 Å². The summed E-state index contributed by atoms with van der Waals surface area (Å²) in [6, 6.07) is 5.31. The molecule has 2 rings (SSSR count). The fraction of sp³-hybridized carbons (Fsp3) is 0.300. The Hall–Kier alpha value is -0.500. The van der Waals surface area contributed by atoms with E-state index in [1.807, 2.05) is 12.3 Å². The summed E-state index contributed by atoms with van der Waals surface area (Å²) in [5, 5.41) is 0. The second kappa shape index (κ2) is 5.64. The maximum atomic E-state index is 11.6. The number of sulfonamides is 1. The normalized spacial score (nSPS) is 11.9. The van der Waals surface area contributed by atoms with E-state index in [9.17, 15) is 8.42 Å². The van der Waals surface area contributed by atoms with Crippen LogP contribution in [-0.2, 0) is 10.0 Å². The summed E-state index contributed by atoms with van der Waals surface area (Å²) in [4.78, 5) is 4.39. The third kappa shape index (κ3) is 3.28. The van der Waals surface area contributed by atoms with Gasteiger partial charge >= 0.3 is 0 Å². The van der Waals surface area contributed by atoms with E-state index in [1.165, 1.54) is 0 Å². The molecule has 0 saturated carbocycles. The molecule has 8 heteroatoms. The third-order valence-electron chi connectivity index (χ3n) is 2.16. The van der Waals surface area contributed by atoms with Gasteiger partial charge in [-0.3, -0.25) is 4.72 Å². The number of rotatable bonds is 5. The van der Waals surface area contributed by atoms with Crippen molar-refractivity contribution in [3.63, 3.8) is 0 Å². The molecule has 2 aromatic rings. The van der Waals surface area contributed by atoms with Crippen molar-refractivity contribution in [1.29, 1.82) is 0 Å². The number of alkyl halides is 1. The fourth-order valence-corrected chi connectivity index (χ4v) is 4.32. The number of thiazole rings is 1. The summed E-state index contributed by atoms with van der Waals surface area (Å²) in [6.07, 6.45) is 1.96. The van der Waals surface area contributed by atoms with Crippen molar-refractivity contribution in [3.8, 4) is 0 Å². The van der Waals surface area contributed by atoms with Crippen LogP contribution in [0.1, 0.15) is 0 Å². The Balaban J connectivity index is 2.30. The maximum Gasteiger partial charge on any atom is 0.233 e. The summed E-state index contributed by atoms with van der Waals surface area (Å²) < 4.78 is 27.6. The molecule has 0 spiro atoms. The molecule has 1 aromatic heterocycles. The summed E-state index contributed by atoms with van der Waals surface area (Å²) in [6.45, 7) is 0. The van der Waals surface area contributed by atoms with E-state index in [0.29, 0.717) is 5.69 Å². The van der Waals surface area contributed by atoms with Crippen LogP contribution in [-0.4, -0.2) is 31.3 Å². The van der Waals surface area contributed by atoms with Crippen LogP contribution >= 0.6 is 34.7 Å². The molecule has 0 unspecified atom stereocenters. The van der Waals surface area contributed by atoms with Crippen LogP contribution in [0.15, 0.2) is 22.5 Å². The number of thioether (sulfide) groups is 1. The highest BCUT2D eigenvalue weighted by molar-refractivity contribution is 8.00. The van der Waals surface area contributed by atoms with Crippen molar-refractivity contribution < 1.29 is 8.42 Å². The third-order valence-corrected chi connectivity index (χ3v) is 5.87. The van der Waals surface area contributed by atoms with Gasteiger partial charge in [0.1, 0.15) is 0 Å². The molecule has 0 saturated heterocycles. The second-order valence-electron chi connectivity index (χ2n) is 3.48. The van der Waals surface area contributed by atoms with Crippen LogP contribution in [0, 0.1) is 0 Å². The lowest BCUT2D eigenvalue weighted by Gasteiger charge is -2.05. The number of nitrogens with zero attached hydrogens (tertiary/aromatic N) is 1. The largest absolute Gasteiger partial charge is 0.283 e. The smallest absolute Gasteiger partial charge is 0.233 e. The minimum atomic E-state index is -3.36. The molecular weight excluding hydrogens is 312 g/mol. The molecule has 0 atom stereocenters. The SMILES string of the molecule is CSc1nc2ccc(NS(=O)(=O)CCCl)cc2s1. The van der Waals surface area contributed by atoms with Gasteiger partial charge in [0, 0.05) is 5.88 Å². The minimum Gasteiger partial charge on any atom is -0.283 e. The Morgan fingerprint density at radius 3 is 2.94 bits per heavy atom. The van der Waals surface area contributed by atoms with Crippen molar-refractivity contribution in [2.75, 3.05) is 22.6 Å².